The first-order valence-electron chi connectivity index (χ1n) is 11.6. The van der Waals surface area contributed by atoms with E-state index in [0.717, 1.165) is 22.3 Å². The molecular formula is C27H28N4O4. The van der Waals surface area contributed by atoms with Crippen molar-refractivity contribution in [1.29, 1.82) is 0 Å². The van der Waals surface area contributed by atoms with Gasteiger partial charge in [0.1, 0.15) is 31.3 Å². The number of hydrogen-bond donors (Lipinski definition) is 1. The van der Waals surface area contributed by atoms with Crippen LogP contribution in [0.5, 0.6) is 11.5 Å². The van der Waals surface area contributed by atoms with Gasteiger partial charge in [0.25, 0.3) is 0 Å². The fraction of sp³-hybridized carbons (Fsp3) is 0.296. The zero-order valence-electron chi connectivity index (χ0n) is 19.4. The molecule has 0 spiro atoms. The Balaban J connectivity index is 1.67. The summed E-state index contributed by atoms with van der Waals surface area (Å²) in [5.74, 6) is 1.03. The van der Waals surface area contributed by atoms with E-state index < -0.39 is 0 Å². The Labute approximate surface area is 204 Å². The summed E-state index contributed by atoms with van der Waals surface area (Å²) in [6.45, 7) is 0.881. The second-order valence-electron chi connectivity index (χ2n) is 8.30. The molecule has 0 fully saturated rings. The SMILES string of the molecule is [N-]=[N+]=NCC(=O)N1CCc2cc(OCc3ccccc3)cc(OCc3ccccc3)c2[C@H]1CCO. The molecule has 0 unspecified atom stereocenters. The van der Waals surface area contributed by atoms with Crippen molar-refractivity contribution >= 4 is 5.91 Å². The van der Waals surface area contributed by atoms with Gasteiger partial charge in [0.15, 0.2) is 0 Å². The van der Waals surface area contributed by atoms with E-state index >= 15 is 0 Å². The molecule has 0 bridgehead atoms. The molecule has 3 aromatic rings. The highest BCUT2D eigenvalue weighted by atomic mass is 16.5. The summed E-state index contributed by atoms with van der Waals surface area (Å²) in [6.07, 6.45) is 0.949. The van der Waals surface area contributed by atoms with Crippen LogP contribution in [0.15, 0.2) is 77.9 Å². The highest BCUT2D eigenvalue weighted by Crippen LogP contribution is 2.41. The maximum atomic E-state index is 12.8. The van der Waals surface area contributed by atoms with Crippen LogP contribution in [0.4, 0.5) is 0 Å². The van der Waals surface area contributed by atoms with Crippen LogP contribution in [-0.2, 0) is 24.4 Å². The molecule has 1 amide bonds. The molecule has 0 radical (unpaired) electrons. The van der Waals surface area contributed by atoms with Crippen molar-refractivity contribution in [2.24, 2.45) is 5.11 Å². The van der Waals surface area contributed by atoms with E-state index in [1.54, 1.807) is 4.90 Å². The monoisotopic (exact) mass is 472 g/mol. The van der Waals surface area contributed by atoms with Gasteiger partial charge in [-0.25, -0.2) is 0 Å². The van der Waals surface area contributed by atoms with Crippen molar-refractivity contribution in [2.45, 2.75) is 32.1 Å². The van der Waals surface area contributed by atoms with E-state index in [9.17, 15) is 9.90 Å². The number of aliphatic hydroxyl groups is 1. The molecule has 0 aliphatic carbocycles. The molecule has 1 N–H and O–H groups in total. The summed E-state index contributed by atoms with van der Waals surface area (Å²) >= 11 is 0. The normalized spacial score (nSPS) is 14.5. The zero-order chi connectivity index (χ0) is 24.5. The largest absolute Gasteiger partial charge is 0.489 e. The summed E-state index contributed by atoms with van der Waals surface area (Å²) in [6, 6.07) is 23.2. The Bertz CT molecular complexity index is 1180. The molecule has 1 aliphatic heterocycles. The van der Waals surface area contributed by atoms with Crippen LogP contribution in [0.3, 0.4) is 0 Å². The van der Waals surface area contributed by atoms with Crippen molar-refractivity contribution in [1.82, 2.24) is 4.90 Å². The lowest BCUT2D eigenvalue weighted by Crippen LogP contribution is -2.41. The Morgan fingerprint density at radius 3 is 2.31 bits per heavy atom. The summed E-state index contributed by atoms with van der Waals surface area (Å²) in [5, 5.41) is 13.2. The van der Waals surface area contributed by atoms with Crippen LogP contribution in [0.2, 0.25) is 0 Å². The van der Waals surface area contributed by atoms with Crippen LogP contribution in [0.25, 0.3) is 10.4 Å². The van der Waals surface area contributed by atoms with Crippen molar-refractivity contribution < 1.29 is 19.4 Å². The molecule has 180 valence electrons. The van der Waals surface area contributed by atoms with E-state index in [1.807, 2.05) is 72.8 Å². The van der Waals surface area contributed by atoms with Crippen LogP contribution in [-0.4, -0.2) is 35.6 Å². The van der Waals surface area contributed by atoms with Gasteiger partial charge >= 0.3 is 0 Å². The van der Waals surface area contributed by atoms with Crippen LogP contribution >= 0.6 is 0 Å². The maximum Gasteiger partial charge on any atom is 0.228 e. The highest BCUT2D eigenvalue weighted by molar-refractivity contribution is 5.79. The Kier molecular flexibility index (Phi) is 8.22. The predicted molar refractivity (Wildman–Crippen MR) is 132 cm³/mol. The van der Waals surface area contributed by atoms with Crippen molar-refractivity contribution in [3.63, 3.8) is 0 Å². The molecule has 0 saturated carbocycles. The topological polar surface area (TPSA) is 108 Å². The van der Waals surface area contributed by atoms with Gasteiger partial charge in [-0.1, -0.05) is 65.8 Å². The van der Waals surface area contributed by atoms with Gasteiger partial charge in [-0.15, -0.1) is 0 Å². The third-order valence-electron chi connectivity index (χ3n) is 6.01. The zero-order valence-corrected chi connectivity index (χ0v) is 19.4. The fourth-order valence-corrected chi connectivity index (χ4v) is 4.38. The van der Waals surface area contributed by atoms with E-state index in [2.05, 4.69) is 10.0 Å². The number of aliphatic hydroxyl groups excluding tert-OH is 1. The van der Waals surface area contributed by atoms with Crippen LogP contribution in [0, 0.1) is 0 Å². The van der Waals surface area contributed by atoms with E-state index in [4.69, 9.17) is 15.0 Å². The van der Waals surface area contributed by atoms with Crippen molar-refractivity contribution in [2.75, 3.05) is 19.7 Å². The summed E-state index contributed by atoms with van der Waals surface area (Å²) in [5.41, 5.74) is 12.6. The smallest absolute Gasteiger partial charge is 0.228 e. The van der Waals surface area contributed by atoms with E-state index in [0.29, 0.717) is 44.1 Å². The molecule has 0 aromatic heterocycles. The van der Waals surface area contributed by atoms with Crippen LogP contribution < -0.4 is 9.47 Å². The van der Waals surface area contributed by atoms with E-state index in [1.165, 1.54) is 0 Å². The average Bonchev–Trinajstić information content (AvgIpc) is 2.90. The highest BCUT2D eigenvalue weighted by Gasteiger charge is 2.33. The molecule has 35 heavy (non-hydrogen) atoms. The van der Waals surface area contributed by atoms with Gasteiger partial charge in [-0.2, -0.15) is 0 Å². The minimum absolute atomic E-state index is 0.0974. The van der Waals surface area contributed by atoms with Gasteiger partial charge < -0.3 is 19.5 Å². The molecule has 1 heterocycles. The van der Waals surface area contributed by atoms with E-state index in [-0.39, 0.29) is 25.1 Å². The number of benzene rings is 3. The lowest BCUT2D eigenvalue weighted by atomic mass is 9.89. The lowest BCUT2D eigenvalue weighted by Gasteiger charge is -2.38. The maximum absolute atomic E-state index is 12.8. The second-order valence-corrected chi connectivity index (χ2v) is 8.30. The third kappa shape index (κ3) is 6.12. The number of amides is 1. The first kappa shape index (κ1) is 24.1. The summed E-state index contributed by atoms with van der Waals surface area (Å²) in [4.78, 5) is 17.2. The number of rotatable bonds is 10. The Morgan fingerprint density at radius 1 is 1.03 bits per heavy atom. The Morgan fingerprint density at radius 2 is 1.69 bits per heavy atom. The van der Waals surface area contributed by atoms with Crippen molar-refractivity contribution in [3.8, 4) is 11.5 Å². The molecular weight excluding hydrogens is 444 g/mol. The molecule has 8 heteroatoms. The number of azide groups is 1. The van der Waals surface area contributed by atoms with Gasteiger partial charge in [0.05, 0.1) is 6.04 Å². The number of ether oxygens (including phenoxy) is 2. The fourth-order valence-electron chi connectivity index (χ4n) is 4.38. The molecule has 1 atom stereocenters. The van der Waals surface area contributed by atoms with Crippen molar-refractivity contribution in [3.05, 3.63) is 105 Å². The number of fused-ring (bicyclic) bond motifs is 1. The Hall–Kier alpha value is -4.00. The standard InChI is InChI=1S/C27H28N4O4/c28-30-29-17-26(33)31-13-11-22-15-23(34-18-20-7-3-1-4-8-20)16-25(27(22)24(31)12-14-32)35-19-21-9-5-2-6-10-21/h1-10,15-16,24,32H,11-14,17-19H2/t24-/m1/s1. The molecule has 8 nitrogen and oxygen atoms in total. The molecule has 1 aliphatic rings. The quantitative estimate of drug-likeness (QED) is 0.255. The number of nitrogens with zero attached hydrogens (tertiary/aromatic N) is 4. The minimum Gasteiger partial charge on any atom is -0.489 e. The second kappa shape index (κ2) is 11.9. The summed E-state index contributed by atoms with van der Waals surface area (Å²) in [7, 11) is 0. The number of carbonyl (C=O) groups excluding carboxylic acids is 1. The lowest BCUT2D eigenvalue weighted by molar-refractivity contribution is -0.132. The average molecular weight is 473 g/mol. The minimum atomic E-state index is -0.390. The molecule has 4 rings (SSSR count). The van der Waals surface area contributed by atoms with Gasteiger partial charge in [-0.3, -0.25) is 4.79 Å². The van der Waals surface area contributed by atoms with Gasteiger partial charge in [0.2, 0.25) is 5.91 Å². The molecule has 3 aromatic carbocycles. The first-order valence-corrected chi connectivity index (χ1v) is 11.6. The third-order valence-corrected chi connectivity index (χ3v) is 6.01. The summed E-state index contributed by atoms with van der Waals surface area (Å²) < 4.78 is 12.4. The molecule has 0 saturated heterocycles. The number of hydrogen-bond acceptors (Lipinski definition) is 5. The first-order chi connectivity index (χ1) is 17.2. The van der Waals surface area contributed by atoms with Gasteiger partial charge in [-0.05, 0) is 41.1 Å². The van der Waals surface area contributed by atoms with Crippen LogP contribution in [0.1, 0.15) is 34.7 Å². The number of carbonyl (C=O) groups is 1. The predicted octanol–water partition coefficient (Wildman–Crippen LogP) is 4.96. The van der Waals surface area contributed by atoms with Gasteiger partial charge in [0, 0.05) is 29.7 Å².